The quantitative estimate of drug-likeness (QED) is 0.292. The molecule has 0 spiro atoms. The Morgan fingerprint density at radius 1 is 1.07 bits per heavy atom. The molecule has 1 aliphatic rings. The smallest absolute Gasteiger partial charge is 0.326 e. The summed E-state index contributed by atoms with van der Waals surface area (Å²) in [5.74, 6) is -2.14. The van der Waals surface area contributed by atoms with Crippen LogP contribution in [0.2, 0.25) is 0 Å². The van der Waals surface area contributed by atoms with Crippen LogP contribution in [0.25, 0.3) is 0 Å². The van der Waals surface area contributed by atoms with Crippen molar-refractivity contribution in [3.05, 3.63) is 0 Å². The van der Waals surface area contributed by atoms with Gasteiger partial charge in [-0.25, -0.2) is 4.79 Å². The van der Waals surface area contributed by atoms with Crippen LogP contribution in [0.15, 0.2) is 0 Å². The van der Waals surface area contributed by atoms with Gasteiger partial charge in [-0.3, -0.25) is 14.4 Å². The van der Waals surface area contributed by atoms with Crippen LogP contribution in [-0.2, 0) is 19.2 Å². The molecule has 0 radical (unpaired) electrons. The lowest BCUT2D eigenvalue weighted by Crippen LogP contribution is -2.57. The maximum atomic E-state index is 12.8. The third-order valence-corrected chi connectivity index (χ3v) is 5.38. The summed E-state index contributed by atoms with van der Waals surface area (Å²) in [7, 11) is 0. The lowest BCUT2D eigenvalue weighted by molar-refractivity contribution is -0.143. The number of nitrogens with zero attached hydrogens (tertiary/aromatic N) is 1. The van der Waals surface area contributed by atoms with Crippen molar-refractivity contribution in [2.75, 3.05) is 12.3 Å². The van der Waals surface area contributed by atoms with Gasteiger partial charge in [0.05, 0.1) is 6.04 Å². The number of aliphatic carboxylic acids is 1. The first-order valence-electron chi connectivity index (χ1n) is 10.5. The van der Waals surface area contributed by atoms with E-state index in [4.69, 9.17) is 5.73 Å². The first-order chi connectivity index (χ1) is 14.0. The van der Waals surface area contributed by atoms with Gasteiger partial charge in [0.15, 0.2) is 0 Å². The molecule has 30 heavy (non-hydrogen) atoms. The Balaban J connectivity index is 2.78. The van der Waals surface area contributed by atoms with Crippen LogP contribution in [0.1, 0.15) is 53.4 Å². The van der Waals surface area contributed by atoms with Gasteiger partial charge in [0.25, 0.3) is 0 Å². The van der Waals surface area contributed by atoms with Gasteiger partial charge in [0, 0.05) is 12.3 Å². The van der Waals surface area contributed by atoms with Crippen LogP contribution >= 0.6 is 12.6 Å². The molecule has 0 bridgehead atoms. The Hall–Kier alpha value is -1.81. The molecular formula is C20H36N4O5S. The topological polar surface area (TPSA) is 142 Å². The number of hydrogen-bond acceptors (Lipinski definition) is 6. The van der Waals surface area contributed by atoms with Crippen LogP contribution in [0.5, 0.6) is 0 Å². The molecule has 5 N–H and O–H groups in total. The highest BCUT2D eigenvalue weighted by Crippen LogP contribution is 2.20. The minimum Gasteiger partial charge on any atom is -0.480 e. The second-order valence-corrected chi connectivity index (χ2v) is 9.06. The molecule has 1 heterocycles. The molecule has 1 aliphatic heterocycles. The second-order valence-electron chi connectivity index (χ2n) is 8.70. The molecule has 1 fully saturated rings. The Morgan fingerprint density at radius 3 is 2.17 bits per heavy atom. The number of carboxylic acids is 1. The summed E-state index contributed by atoms with van der Waals surface area (Å²) >= 11 is 4.13. The molecule has 9 nitrogen and oxygen atoms in total. The number of amides is 3. The Labute approximate surface area is 183 Å². The largest absolute Gasteiger partial charge is 0.480 e. The van der Waals surface area contributed by atoms with Crippen molar-refractivity contribution in [2.24, 2.45) is 17.6 Å². The molecule has 1 rings (SSSR count). The minimum atomic E-state index is -1.13. The highest BCUT2D eigenvalue weighted by Gasteiger charge is 2.37. The van der Waals surface area contributed by atoms with Crippen molar-refractivity contribution in [1.82, 2.24) is 15.5 Å². The Kier molecular flexibility index (Phi) is 10.6. The molecular weight excluding hydrogens is 408 g/mol. The monoisotopic (exact) mass is 444 g/mol. The molecule has 0 aromatic carbocycles. The highest BCUT2D eigenvalue weighted by atomic mass is 32.1. The fourth-order valence-corrected chi connectivity index (χ4v) is 3.81. The number of carbonyl (C=O) groups excluding carboxylic acids is 3. The van der Waals surface area contributed by atoms with Gasteiger partial charge in [0.2, 0.25) is 17.7 Å². The van der Waals surface area contributed by atoms with E-state index in [1.165, 1.54) is 4.90 Å². The second kappa shape index (κ2) is 12.1. The Bertz CT molecular complexity index is 628. The molecule has 0 aromatic rings. The molecule has 172 valence electrons. The predicted octanol–water partition coefficient (Wildman–Crippen LogP) is 0.381. The van der Waals surface area contributed by atoms with Crippen molar-refractivity contribution < 1.29 is 24.3 Å². The fraction of sp³-hybridized carbons (Fsp3) is 0.800. The number of carboxylic acid groups (broad SMARTS) is 1. The van der Waals surface area contributed by atoms with Gasteiger partial charge in [-0.1, -0.05) is 27.7 Å². The van der Waals surface area contributed by atoms with Crippen LogP contribution in [0.4, 0.5) is 0 Å². The Morgan fingerprint density at radius 2 is 1.67 bits per heavy atom. The van der Waals surface area contributed by atoms with Crippen molar-refractivity contribution in [1.29, 1.82) is 0 Å². The van der Waals surface area contributed by atoms with Gasteiger partial charge in [-0.05, 0) is 37.5 Å². The average molecular weight is 445 g/mol. The lowest BCUT2D eigenvalue weighted by Gasteiger charge is -2.28. The van der Waals surface area contributed by atoms with Crippen molar-refractivity contribution in [3.63, 3.8) is 0 Å². The van der Waals surface area contributed by atoms with E-state index in [1.807, 2.05) is 27.7 Å². The number of rotatable bonds is 11. The summed E-state index contributed by atoms with van der Waals surface area (Å²) in [4.78, 5) is 50.9. The summed E-state index contributed by atoms with van der Waals surface area (Å²) in [6.45, 7) is 8.10. The minimum absolute atomic E-state index is 0.000872. The van der Waals surface area contributed by atoms with Gasteiger partial charge < -0.3 is 26.4 Å². The molecule has 4 atom stereocenters. The molecule has 4 unspecified atom stereocenters. The first-order valence-corrected chi connectivity index (χ1v) is 11.1. The molecule has 0 aromatic heterocycles. The highest BCUT2D eigenvalue weighted by molar-refractivity contribution is 7.80. The van der Waals surface area contributed by atoms with Gasteiger partial charge in [0.1, 0.15) is 18.1 Å². The van der Waals surface area contributed by atoms with Gasteiger partial charge in [-0.15, -0.1) is 0 Å². The maximum Gasteiger partial charge on any atom is 0.326 e. The van der Waals surface area contributed by atoms with E-state index in [2.05, 4.69) is 23.3 Å². The third-order valence-electron chi connectivity index (χ3n) is 5.02. The molecule has 3 amide bonds. The van der Waals surface area contributed by atoms with Gasteiger partial charge in [-0.2, -0.15) is 12.6 Å². The van der Waals surface area contributed by atoms with E-state index in [0.717, 1.165) is 0 Å². The van der Waals surface area contributed by atoms with E-state index < -0.39 is 42.0 Å². The summed E-state index contributed by atoms with van der Waals surface area (Å²) < 4.78 is 0. The van der Waals surface area contributed by atoms with Crippen LogP contribution in [0, 0.1) is 11.8 Å². The molecule has 0 aliphatic carbocycles. The summed E-state index contributed by atoms with van der Waals surface area (Å²) in [6.07, 6.45) is 1.95. The maximum absolute atomic E-state index is 12.8. The SMILES string of the molecule is CC(C)CC(N)C(=O)N1CCCC1C(=O)NC(CS)C(=O)NC(CC(C)C)C(=O)O. The van der Waals surface area contributed by atoms with E-state index in [-0.39, 0.29) is 29.9 Å². The number of carbonyl (C=O) groups is 4. The van der Waals surface area contributed by atoms with Crippen LogP contribution < -0.4 is 16.4 Å². The first kappa shape index (κ1) is 26.2. The van der Waals surface area contributed by atoms with E-state index in [0.29, 0.717) is 25.8 Å². The number of thiol groups is 1. The molecule has 10 heteroatoms. The predicted molar refractivity (Wildman–Crippen MR) is 117 cm³/mol. The van der Waals surface area contributed by atoms with Crippen LogP contribution in [-0.4, -0.2) is 70.2 Å². The van der Waals surface area contributed by atoms with E-state index in [1.54, 1.807) is 0 Å². The summed E-state index contributed by atoms with van der Waals surface area (Å²) in [5.41, 5.74) is 6.00. The average Bonchev–Trinajstić information content (AvgIpc) is 3.13. The summed E-state index contributed by atoms with van der Waals surface area (Å²) in [6, 6.07) is -3.42. The summed E-state index contributed by atoms with van der Waals surface area (Å²) in [5, 5.41) is 14.4. The number of nitrogens with one attached hydrogen (secondary N) is 2. The third kappa shape index (κ3) is 7.79. The van der Waals surface area contributed by atoms with Crippen LogP contribution in [0.3, 0.4) is 0 Å². The zero-order valence-electron chi connectivity index (χ0n) is 18.3. The van der Waals surface area contributed by atoms with Crippen molar-refractivity contribution >= 4 is 36.3 Å². The van der Waals surface area contributed by atoms with Gasteiger partial charge >= 0.3 is 5.97 Å². The fourth-order valence-electron chi connectivity index (χ4n) is 3.55. The normalized spacial score (nSPS) is 19.5. The number of likely N-dealkylation sites (tertiary alicyclic amines) is 1. The van der Waals surface area contributed by atoms with E-state index in [9.17, 15) is 24.3 Å². The molecule has 0 saturated carbocycles. The number of hydrogen-bond donors (Lipinski definition) is 5. The van der Waals surface area contributed by atoms with Crippen molar-refractivity contribution in [3.8, 4) is 0 Å². The lowest BCUT2D eigenvalue weighted by atomic mass is 10.0. The zero-order chi connectivity index (χ0) is 23.0. The zero-order valence-corrected chi connectivity index (χ0v) is 19.2. The number of nitrogens with two attached hydrogens (primary N) is 1. The molecule has 1 saturated heterocycles. The standard InChI is InChI=1S/C20H36N4O5S/c1-11(2)8-13(21)19(27)24-7-5-6-16(24)18(26)23-15(10-30)17(25)22-14(20(28)29)9-12(3)4/h11-16,30H,5-10,21H2,1-4H3,(H,22,25)(H,23,26)(H,28,29). The van der Waals surface area contributed by atoms with E-state index >= 15 is 0 Å². The van der Waals surface area contributed by atoms with Crippen molar-refractivity contribution in [2.45, 2.75) is 77.5 Å².